The molecule has 9 aromatic rings. The van der Waals surface area contributed by atoms with E-state index in [-0.39, 0.29) is 5.41 Å². The van der Waals surface area contributed by atoms with Gasteiger partial charge in [-0.25, -0.2) is 0 Å². The Morgan fingerprint density at radius 3 is 1.81 bits per heavy atom. The summed E-state index contributed by atoms with van der Waals surface area (Å²) in [5.41, 5.74) is 17.6. The predicted octanol–water partition coefficient (Wildman–Crippen LogP) is 14.4. The molecule has 2 nitrogen and oxygen atoms in total. The summed E-state index contributed by atoms with van der Waals surface area (Å²) in [4.78, 5) is 2.33. The number of hydrogen-bond donors (Lipinski definition) is 0. The molecule has 0 unspecified atom stereocenters. The fourth-order valence-corrected chi connectivity index (χ4v) is 8.36. The summed E-state index contributed by atoms with van der Waals surface area (Å²) in [6.45, 7) is 4.70. The molecule has 0 radical (unpaired) electrons. The molecule has 53 heavy (non-hydrogen) atoms. The Morgan fingerprint density at radius 1 is 0.377 bits per heavy atom. The van der Waals surface area contributed by atoms with Crippen LogP contribution in [0.4, 0.5) is 17.1 Å². The van der Waals surface area contributed by atoms with Gasteiger partial charge in [0.15, 0.2) is 0 Å². The average molecular weight is 680 g/mol. The molecule has 0 saturated carbocycles. The summed E-state index contributed by atoms with van der Waals surface area (Å²) in [5.74, 6) is 0. The van der Waals surface area contributed by atoms with Gasteiger partial charge in [-0.15, -0.1) is 0 Å². The molecular weight excluding hydrogens is 643 g/mol. The van der Waals surface area contributed by atoms with Crippen LogP contribution in [0.25, 0.3) is 66.4 Å². The van der Waals surface area contributed by atoms with Gasteiger partial charge in [0.2, 0.25) is 0 Å². The number of para-hydroxylation sites is 3. The van der Waals surface area contributed by atoms with E-state index >= 15 is 0 Å². The van der Waals surface area contributed by atoms with Crippen molar-refractivity contribution in [3.05, 3.63) is 199 Å². The summed E-state index contributed by atoms with van der Waals surface area (Å²) in [7, 11) is 0. The van der Waals surface area contributed by atoms with Crippen molar-refractivity contribution in [3.63, 3.8) is 0 Å². The standard InChI is InChI=1S/C51H37NO/c1-51(2)47-30-26-36(32-46(47)43-29-25-37(33-48(43)51)34-13-5-3-6-14-34)35-23-27-40(28-24-35)52(39-16-7-4-8-17-39)41-18-11-15-38(31-41)42-20-12-21-45-44-19-9-10-22-49(44)53-50(42)45/h3-33H,1-2H3. The largest absolute Gasteiger partial charge is 0.455 e. The van der Waals surface area contributed by atoms with E-state index in [0.29, 0.717) is 0 Å². The third kappa shape index (κ3) is 5.18. The van der Waals surface area contributed by atoms with E-state index in [2.05, 4.69) is 195 Å². The summed E-state index contributed by atoms with van der Waals surface area (Å²) in [5, 5.41) is 2.27. The lowest BCUT2D eigenvalue weighted by molar-refractivity contribution is 0.660. The van der Waals surface area contributed by atoms with Gasteiger partial charge in [0, 0.05) is 38.8 Å². The molecule has 0 bridgehead atoms. The van der Waals surface area contributed by atoms with E-state index < -0.39 is 0 Å². The van der Waals surface area contributed by atoms with E-state index in [1.54, 1.807) is 0 Å². The van der Waals surface area contributed by atoms with Gasteiger partial charge in [0.05, 0.1) is 0 Å². The zero-order valence-corrected chi connectivity index (χ0v) is 29.8. The van der Waals surface area contributed by atoms with Crippen molar-refractivity contribution < 1.29 is 4.42 Å². The van der Waals surface area contributed by atoms with Crippen LogP contribution in [0.1, 0.15) is 25.0 Å². The Hall–Kier alpha value is -6.64. The summed E-state index contributed by atoms with van der Waals surface area (Å²) < 4.78 is 6.43. The van der Waals surface area contributed by atoms with Crippen molar-refractivity contribution in [2.24, 2.45) is 0 Å². The molecule has 0 saturated heterocycles. The van der Waals surface area contributed by atoms with Crippen LogP contribution in [-0.2, 0) is 5.41 Å². The van der Waals surface area contributed by atoms with Crippen molar-refractivity contribution in [2.45, 2.75) is 19.3 Å². The molecule has 0 aliphatic heterocycles. The van der Waals surface area contributed by atoms with Crippen LogP contribution in [-0.4, -0.2) is 0 Å². The maximum Gasteiger partial charge on any atom is 0.143 e. The highest BCUT2D eigenvalue weighted by atomic mass is 16.3. The highest BCUT2D eigenvalue weighted by molar-refractivity contribution is 6.09. The zero-order valence-electron chi connectivity index (χ0n) is 29.8. The summed E-state index contributed by atoms with van der Waals surface area (Å²) >= 11 is 0. The normalized spacial score (nSPS) is 12.9. The molecule has 1 aliphatic carbocycles. The maximum atomic E-state index is 6.43. The van der Waals surface area contributed by atoms with Crippen molar-refractivity contribution in [1.29, 1.82) is 0 Å². The smallest absolute Gasteiger partial charge is 0.143 e. The second kappa shape index (κ2) is 12.3. The first kappa shape index (κ1) is 31.1. The van der Waals surface area contributed by atoms with Crippen LogP contribution in [0.5, 0.6) is 0 Å². The zero-order chi connectivity index (χ0) is 35.5. The van der Waals surface area contributed by atoms with Crippen LogP contribution in [0.2, 0.25) is 0 Å². The molecule has 10 rings (SSSR count). The van der Waals surface area contributed by atoms with Crippen LogP contribution in [0.3, 0.4) is 0 Å². The van der Waals surface area contributed by atoms with Gasteiger partial charge in [-0.1, -0.05) is 147 Å². The third-order valence-corrected chi connectivity index (χ3v) is 11.1. The van der Waals surface area contributed by atoms with Gasteiger partial charge in [-0.05, 0) is 105 Å². The molecule has 0 N–H and O–H groups in total. The minimum absolute atomic E-state index is 0.0709. The lowest BCUT2D eigenvalue weighted by Gasteiger charge is -2.26. The number of anilines is 3. The fourth-order valence-electron chi connectivity index (χ4n) is 8.36. The Labute approximate surface area is 310 Å². The van der Waals surface area contributed by atoms with Gasteiger partial charge < -0.3 is 9.32 Å². The molecular formula is C51H37NO. The molecule has 1 aliphatic rings. The number of fused-ring (bicyclic) bond motifs is 6. The number of hydrogen-bond acceptors (Lipinski definition) is 2. The van der Waals surface area contributed by atoms with E-state index in [9.17, 15) is 0 Å². The van der Waals surface area contributed by atoms with Crippen LogP contribution >= 0.6 is 0 Å². The second-order valence-electron chi connectivity index (χ2n) is 14.6. The minimum atomic E-state index is -0.0709. The third-order valence-electron chi connectivity index (χ3n) is 11.1. The molecule has 1 aromatic heterocycles. The minimum Gasteiger partial charge on any atom is -0.455 e. The van der Waals surface area contributed by atoms with Crippen LogP contribution in [0.15, 0.2) is 192 Å². The number of rotatable bonds is 6. The Kier molecular flexibility index (Phi) is 7.19. The van der Waals surface area contributed by atoms with Crippen LogP contribution < -0.4 is 4.90 Å². The van der Waals surface area contributed by atoms with Crippen molar-refractivity contribution in [3.8, 4) is 44.5 Å². The summed E-state index contributed by atoms with van der Waals surface area (Å²) in [6, 6.07) is 67.7. The lowest BCUT2D eigenvalue weighted by atomic mass is 9.81. The van der Waals surface area contributed by atoms with E-state index in [1.807, 2.05) is 12.1 Å². The van der Waals surface area contributed by atoms with Crippen LogP contribution in [0, 0.1) is 0 Å². The first-order valence-corrected chi connectivity index (χ1v) is 18.3. The van der Waals surface area contributed by atoms with Crippen molar-refractivity contribution >= 4 is 39.0 Å². The highest BCUT2D eigenvalue weighted by Gasteiger charge is 2.35. The molecule has 8 aromatic carbocycles. The van der Waals surface area contributed by atoms with Gasteiger partial charge in [-0.3, -0.25) is 0 Å². The predicted molar refractivity (Wildman–Crippen MR) is 222 cm³/mol. The van der Waals surface area contributed by atoms with Gasteiger partial charge in [0.1, 0.15) is 11.2 Å². The Bertz CT molecular complexity index is 2790. The van der Waals surface area contributed by atoms with E-state index in [0.717, 1.165) is 50.1 Å². The number of nitrogens with zero attached hydrogens (tertiary/aromatic N) is 1. The number of benzene rings is 8. The lowest BCUT2D eigenvalue weighted by Crippen LogP contribution is -2.15. The molecule has 2 heteroatoms. The van der Waals surface area contributed by atoms with Gasteiger partial charge >= 0.3 is 0 Å². The Balaban J connectivity index is 1.02. The topological polar surface area (TPSA) is 16.4 Å². The van der Waals surface area contributed by atoms with E-state index in [4.69, 9.17) is 4.42 Å². The highest BCUT2D eigenvalue weighted by Crippen LogP contribution is 2.51. The fraction of sp³-hybridized carbons (Fsp3) is 0.0588. The molecule has 0 spiro atoms. The van der Waals surface area contributed by atoms with Crippen molar-refractivity contribution in [2.75, 3.05) is 4.90 Å². The molecule has 0 fully saturated rings. The van der Waals surface area contributed by atoms with E-state index in [1.165, 1.54) is 44.5 Å². The quantitative estimate of drug-likeness (QED) is 0.174. The second-order valence-corrected chi connectivity index (χ2v) is 14.6. The Morgan fingerprint density at radius 2 is 0.981 bits per heavy atom. The first-order valence-electron chi connectivity index (χ1n) is 18.3. The molecule has 0 amide bonds. The maximum absolute atomic E-state index is 6.43. The average Bonchev–Trinajstić information content (AvgIpc) is 3.71. The number of furan rings is 1. The monoisotopic (exact) mass is 679 g/mol. The first-order chi connectivity index (χ1) is 26.0. The SMILES string of the molecule is CC1(C)c2ccc(-c3ccc(N(c4ccccc4)c4cccc(-c5cccc6c5oc5ccccc56)c4)cc3)cc2-c2ccc(-c3ccccc3)cc21. The van der Waals surface area contributed by atoms with Gasteiger partial charge in [0.25, 0.3) is 0 Å². The summed E-state index contributed by atoms with van der Waals surface area (Å²) in [6.07, 6.45) is 0. The van der Waals surface area contributed by atoms with Crippen molar-refractivity contribution in [1.82, 2.24) is 0 Å². The molecule has 0 atom stereocenters. The van der Waals surface area contributed by atoms with Gasteiger partial charge in [-0.2, -0.15) is 0 Å². The molecule has 1 heterocycles. The molecule has 252 valence electrons.